The number of oxime groups is 1. The van der Waals surface area contributed by atoms with Gasteiger partial charge in [0, 0.05) is 0 Å². The van der Waals surface area contributed by atoms with Gasteiger partial charge in [0.2, 0.25) is 0 Å². The van der Waals surface area contributed by atoms with Crippen molar-refractivity contribution < 1.29 is 10.3 Å². The molecule has 1 atom stereocenters. The quantitative estimate of drug-likeness (QED) is 0.358. The van der Waals surface area contributed by atoms with Gasteiger partial charge in [-0.25, -0.2) is 0 Å². The molecule has 60 valence electrons. The predicted octanol–water partition coefficient (Wildman–Crippen LogP) is 1.39. The Kier molecular flexibility index (Phi) is 3.36. The number of hydrogen-bond acceptors (Lipinski definition) is 3. The van der Waals surface area contributed by atoms with Gasteiger partial charge < -0.3 is 10.3 Å². The van der Waals surface area contributed by atoms with Gasteiger partial charge in [0.1, 0.15) is 5.60 Å². The van der Waals surface area contributed by atoms with E-state index < -0.39 is 5.60 Å². The van der Waals surface area contributed by atoms with E-state index in [9.17, 15) is 5.11 Å². The minimum absolute atomic E-state index is 0.370. The van der Waals surface area contributed by atoms with Crippen LogP contribution >= 0.6 is 0 Å². The number of rotatable bonds is 3. The summed E-state index contributed by atoms with van der Waals surface area (Å²) in [4.78, 5) is 0. The molecule has 0 aromatic rings. The van der Waals surface area contributed by atoms with Crippen LogP contribution in [-0.4, -0.2) is 21.6 Å². The lowest BCUT2D eigenvalue weighted by Gasteiger charge is -2.20. The molecule has 0 radical (unpaired) electrons. The Labute approximate surface area is 61.4 Å². The number of hydrogen-bond donors (Lipinski definition) is 2. The first-order valence-electron chi connectivity index (χ1n) is 3.46. The second kappa shape index (κ2) is 3.56. The van der Waals surface area contributed by atoms with Crippen LogP contribution in [0.2, 0.25) is 0 Å². The van der Waals surface area contributed by atoms with Crippen LogP contribution in [0.3, 0.4) is 0 Å². The van der Waals surface area contributed by atoms with Gasteiger partial charge in [-0.1, -0.05) is 18.5 Å². The Morgan fingerprint density at radius 1 is 1.60 bits per heavy atom. The summed E-state index contributed by atoms with van der Waals surface area (Å²) in [5.41, 5.74) is -0.571. The van der Waals surface area contributed by atoms with E-state index in [-0.39, 0.29) is 0 Å². The molecule has 0 aliphatic carbocycles. The Morgan fingerprint density at radius 3 is 2.40 bits per heavy atom. The van der Waals surface area contributed by atoms with Crippen LogP contribution in [-0.2, 0) is 0 Å². The van der Waals surface area contributed by atoms with Gasteiger partial charge in [-0.2, -0.15) is 0 Å². The van der Waals surface area contributed by atoms with Gasteiger partial charge in [0.15, 0.2) is 0 Å². The first kappa shape index (κ1) is 9.43. The molecule has 0 spiro atoms. The van der Waals surface area contributed by atoms with Crippen molar-refractivity contribution in [3.8, 4) is 0 Å². The molecule has 0 saturated heterocycles. The molecule has 0 amide bonds. The summed E-state index contributed by atoms with van der Waals surface area (Å²) >= 11 is 0. The van der Waals surface area contributed by atoms with Gasteiger partial charge >= 0.3 is 0 Å². The normalized spacial score (nSPS) is 18.6. The van der Waals surface area contributed by atoms with Crippen molar-refractivity contribution in [2.24, 2.45) is 5.16 Å². The molecule has 3 heteroatoms. The van der Waals surface area contributed by atoms with Crippen molar-refractivity contribution in [2.45, 2.75) is 39.2 Å². The Balaban J connectivity index is 4.10. The maximum Gasteiger partial charge on any atom is 0.103 e. The highest BCUT2D eigenvalue weighted by atomic mass is 16.4. The summed E-state index contributed by atoms with van der Waals surface area (Å²) in [7, 11) is 0. The van der Waals surface area contributed by atoms with E-state index >= 15 is 0 Å². The lowest BCUT2D eigenvalue weighted by atomic mass is 9.96. The first-order chi connectivity index (χ1) is 4.54. The molecule has 0 heterocycles. The topological polar surface area (TPSA) is 52.8 Å². The molecule has 10 heavy (non-hydrogen) atoms. The average Bonchev–Trinajstić information content (AvgIpc) is 1.86. The van der Waals surface area contributed by atoms with Crippen LogP contribution in [0.5, 0.6) is 0 Å². The molecule has 0 unspecified atom stereocenters. The summed E-state index contributed by atoms with van der Waals surface area (Å²) in [5, 5.41) is 20.8. The van der Waals surface area contributed by atoms with Crippen LogP contribution in [0.25, 0.3) is 0 Å². The van der Waals surface area contributed by atoms with Crippen LogP contribution in [0.15, 0.2) is 5.16 Å². The monoisotopic (exact) mass is 145 g/mol. The summed E-state index contributed by atoms with van der Waals surface area (Å²) in [6.07, 6.45) is 1.50. The van der Waals surface area contributed by atoms with Gasteiger partial charge in [-0.15, -0.1) is 0 Å². The fraction of sp³-hybridized carbons (Fsp3) is 0.857. The molecule has 0 aliphatic rings. The lowest BCUT2D eigenvalue weighted by Crippen LogP contribution is -2.32. The molecule has 0 aromatic heterocycles. The van der Waals surface area contributed by atoms with Crippen LogP contribution in [0.1, 0.15) is 33.6 Å². The standard InChI is InChI=1S/C7H15NO2/c1-4-5-7(3,9)6(2)8-10/h9-10H,4-5H2,1-3H3/b8-6+/t7-/m1/s1. The Bertz CT molecular complexity index is 130. The third-order valence-electron chi connectivity index (χ3n) is 1.67. The molecule has 0 fully saturated rings. The molecular formula is C7H15NO2. The van der Waals surface area contributed by atoms with E-state index in [2.05, 4.69) is 5.16 Å². The highest BCUT2D eigenvalue weighted by molar-refractivity contribution is 5.89. The van der Waals surface area contributed by atoms with E-state index in [1.54, 1.807) is 13.8 Å². The van der Waals surface area contributed by atoms with Crippen molar-refractivity contribution in [1.82, 2.24) is 0 Å². The first-order valence-corrected chi connectivity index (χ1v) is 3.46. The summed E-state index contributed by atoms with van der Waals surface area (Å²) < 4.78 is 0. The smallest absolute Gasteiger partial charge is 0.103 e. The molecular weight excluding hydrogens is 130 g/mol. The molecule has 0 saturated carbocycles. The summed E-state index contributed by atoms with van der Waals surface area (Å²) in [5.74, 6) is 0. The fourth-order valence-corrected chi connectivity index (χ4v) is 0.775. The van der Waals surface area contributed by atoms with E-state index in [0.29, 0.717) is 12.1 Å². The number of nitrogens with zero attached hydrogens (tertiary/aromatic N) is 1. The lowest BCUT2D eigenvalue weighted by molar-refractivity contribution is 0.116. The van der Waals surface area contributed by atoms with Crippen LogP contribution in [0.4, 0.5) is 0 Å². The van der Waals surface area contributed by atoms with E-state index in [1.165, 1.54) is 0 Å². The zero-order chi connectivity index (χ0) is 8.20. The average molecular weight is 145 g/mol. The van der Waals surface area contributed by atoms with Crippen LogP contribution < -0.4 is 0 Å². The second-order valence-corrected chi connectivity index (χ2v) is 2.71. The zero-order valence-electron chi connectivity index (χ0n) is 6.76. The van der Waals surface area contributed by atoms with Gasteiger partial charge in [-0.05, 0) is 20.3 Å². The third kappa shape index (κ3) is 2.35. The molecule has 3 nitrogen and oxygen atoms in total. The van der Waals surface area contributed by atoms with E-state index in [4.69, 9.17) is 5.21 Å². The Hall–Kier alpha value is -0.570. The van der Waals surface area contributed by atoms with Crippen molar-refractivity contribution in [3.63, 3.8) is 0 Å². The van der Waals surface area contributed by atoms with Crippen molar-refractivity contribution in [3.05, 3.63) is 0 Å². The maximum absolute atomic E-state index is 9.49. The van der Waals surface area contributed by atoms with Crippen molar-refractivity contribution in [2.75, 3.05) is 0 Å². The van der Waals surface area contributed by atoms with Gasteiger partial charge in [0.25, 0.3) is 0 Å². The zero-order valence-corrected chi connectivity index (χ0v) is 6.76. The van der Waals surface area contributed by atoms with Gasteiger partial charge in [-0.3, -0.25) is 0 Å². The minimum Gasteiger partial charge on any atom is -0.411 e. The van der Waals surface area contributed by atoms with E-state index in [1.807, 2.05) is 6.92 Å². The SMILES string of the molecule is CCC[C@@](C)(O)/C(C)=N/O. The van der Waals surface area contributed by atoms with Crippen molar-refractivity contribution in [1.29, 1.82) is 0 Å². The molecule has 0 aromatic carbocycles. The molecule has 0 aliphatic heterocycles. The summed E-state index contributed by atoms with van der Waals surface area (Å²) in [6.45, 7) is 5.22. The molecule has 0 bridgehead atoms. The van der Waals surface area contributed by atoms with Crippen LogP contribution in [0, 0.1) is 0 Å². The maximum atomic E-state index is 9.49. The summed E-state index contributed by atoms with van der Waals surface area (Å²) in [6, 6.07) is 0. The van der Waals surface area contributed by atoms with Gasteiger partial charge in [0.05, 0.1) is 5.71 Å². The highest BCUT2D eigenvalue weighted by Gasteiger charge is 2.22. The predicted molar refractivity (Wildman–Crippen MR) is 40.4 cm³/mol. The number of aliphatic hydroxyl groups is 1. The molecule has 0 rings (SSSR count). The molecule has 2 N–H and O–H groups in total. The fourth-order valence-electron chi connectivity index (χ4n) is 0.775. The largest absolute Gasteiger partial charge is 0.411 e. The minimum atomic E-state index is -0.941. The third-order valence-corrected chi connectivity index (χ3v) is 1.67. The Morgan fingerprint density at radius 2 is 2.10 bits per heavy atom. The second-order valence-electron chi connectivity index (χ2n) is 2.71. The van der Waals surface area contributed by atoms with Crippen molar-refractivity contribution >= 4 is 5.71 Å². The highest BCUT2D eigenvalue weighted by Crippen LogP contribution is 2.13. The van der Waals surface area contributed by atoms with E-state index in [0.717, 1.165) is 6.42 Å².